The van der Waals surface area contributed by atoms with E-state index in [4.69, 9.17) is 4.74 Å². The van der Waals surface area contributed by atoms with Gasteiger partial charge in [-0.2, -0.15) is 0 Å². The third kappa shape index (κ3) is 4.51. The zero-order chi connectivity index (χ0) is 19.7. The van der Waals surface area contributed by atoms with Gasteiger partial charge in [-0.25, -0.2) is 4.98 Å². The van der Waals surface area contributed by atoms with E-state index < -0.39 is 30.7 Å². The molecule has 11 heteroatoms. The molecule has 2 aliphatic heterocycles. The van der Waals surface area contributed by atoms with Gasteiger partial charge in [-0.3, -0.25) is 5.01 Å². The Kier molecular flexibility index (Phi) is 6.21. The van der Waals surface area contributed by atoms with E-state index >= 15 is 0 Å². The van der Waals surface area contributed by atoms with Crippen molar-refractivity contribution in [3.8, 4) is 0 Å². The molecule has 5 atom stereocenters. The highest BCUT2D eigenvalue weighted by molar-refractivity contribution is 7.15. The van der Waals surface area contributed by atoms with Crippen LogP contribution in [-0.2, 0) is 4.74 Å². The van der Waals surface area contributed by atoms with E-state index in [0.29, 0.717) is 12.5 Å². The highest BCUT2D eigenvalue weighted by Crippen LogP contribution is 2.29. The van der Waals surface area contributed by atoms with Gasteiger partial charge in [-0.1, -0.05) is 13.8 Å². The number of thiazole rings is 1. The first-order chi connectivity index (χ1) is 12.8. The van der Waals surface area contributed by atoms with Gasteiger partial charge in [0, 0.05) is 11.1 Å². The molecule has 1 aromatic heterocycles. The third-order valence-corrected chi connectivity index (χ3v) is 5.94. The van der Waals surface area contributed by atoms with Gasteiger partial charge in [0.25, 0.3) is 0 Å². The Labute approximate surface area is 161 Å². The number of anilines is 1. The molecule has 0 aromatic carbocycles. The van der Waals surface area contributed by atoms with E-state index in [0.717, 1.165) is 16.5 Å². The zero-order valence-corrected chi connectivity index (χ0v) is 16.3. The summed E-state index contributed by atoms with van der Waals surface area (Å²) in [6.07, 6.45) is -4.94. The number of rotatable bonds is 6. The van der Waals surface area contributed by atoms with E-state index in [-0.39, 0.29) is 6.54 Å². The molecular formula is C16H27N5O5S. The highest BCUT2D eigenvalue weighted by Gasteiger charge is 2.43. The molecule has 7 N–H and O–H groups in total. The van der Waals surface area contributed by atoms with Gasteiger partial charge in [0.1, 0.15) is 24.4 Å². The first-order valence-electron chi connectivity index (χ1n) is 8.84. The number of aliphatic hydroxyl groups excluding tert-OH is 4. The Morgan fingerprint density at radius 3 is 2.67 bits per heavy atom. The van der Waals surface area contributed by atoms with Gasteiger partial charge in [-0.05, 0) is 12.8 Å². The second-order valence-corrected chi connectivity index (χ2v) is 8.09. The normalized spacial score (nSPS) is 31.2. The summed E-state index contributed by atoms with van der Waals surface area (Å²) in [6, 6.07) is 0. The number of nitrogens with one attached hydrogen (secondary N) is 3. The molecule has 5 unspecified atom stereocenters. The second-order valence-electron chi connectivity index (χ2n) is 7.06. The SMILES string of the molecule is Cc1nc(NCC2=CN(CC3OC(O)C(O)C(O)C3O)NN2)sc1C(C)C. The van der Waals surface area contributed by atoms with Crippen molar-refractivity contribution in [3.63, 3.8) is 0 Å². The van der Waals surface area contributed by atoms with Crippen molar-refractivity contribution < 1.29 is 25.2 Å². The number of ether oxygens (including phenoxy) is 1. The Balaban J connectivity index is 1.53. The number of aryl methyl sites for hydroxylation is 1. The van der Waals surface area contributed by atoms with Crippen LogP contribution in [0, 0.1) is 6.92 Å². The van der Waals surface area contributed by atoms with Gasteiger partial charge in [0.15, 0.2) is 11.4 Å². The molecule has 1 fully saturated rings. The van der Waals surface area contributed by atoms with Crippen molar-refractivity contribution in [2.75, 3.05) is 18.4 Å². The van der Waals surface area contributed by atoms with Crippen molar-refractivity contribution >= 4 is 16.5 Å². The molecule has 10 nitrogen and oxygen atoms in total. The van der Waals surface area contributed by atoms with Crippen LogP contribution in [0.15, 0.2) is 11.9 Å². The monoisotopic (exact) mass is 401 g/mol. The van der Waals surface area contributed by atoms with Gasteiger partial charge in [-0.15, -0.1) is 16.9 Å². The van der Waals surface area contributed by atoms with E-state index in [1.807, 2.05) is 6.92 Å². The number of hydrogen-bond acceptors (Lipinski definition) is 11. The predicted molar refractivity (Wildman–Crippen MR) is 99.4 cm³/mol. The fraction of sp³-hybridized carbons (Fsp3) is 0.688. The van der Waals surface area contributed by atoms with Crippen LogP contribution in [0.25, 0.3) is 0 Å². The van der Waals surface area contributed by atoms with Crippen molar-refractivity contribution in [2.45, 2.75) is 57.4 Å². The van der Waals surface area contributed by atoms with E-state index in [1.54, 1.807) is 22.5 Å². The standard InChI is InChI=1S/C16H27N5O5S/c1-7(2)14-8(3)18-16(27-14)17-4-9-5-21(20-19-9)6-10-11(22)12(23)13(24)15(25)26-10/h5,7,10-13,15,19-20,22-25H,4,6H2,1-3H3,(H,17,18). The molecule has 0 bridgehead atoms. The van der Waals surface area contributed by atoms with Gasteiger partial charge >= 0.3 is 0 Å². The highest BCUT2D eigenvalue weighted by atomic mass is 32.1. The smallest absolute Gasteiger partial charge is 0.184 e. The zero-order valence-electron chi connectivity index (χ0n) is 15.5. The second kappa shape index (κ2) is 8.27. The summed E-state index contributed by atoms with van der Waals surface area (Å²) >= 11 is 1.64. The summed E-state index contributed by atoms with van der Waals surface area (Å²) in [7, 11) is 0. The largest absolute Gasteiger partial charge is 0.388 e. The average molecular weight is 401 g/mol. The minimum atomic E-state index is -1.54. The lowest BCUT2D eigenvalue weighted by molar-refractivity contribution is -0.283. The maximum Gasteiger partial charge on any atom is 0.184 e. The molecule has 27 heavy (non-hydrogen) atoms. The Morgan fingerprint density at radius 1 is 1.26 bits per heavy atom. The molecule has 3 heterocycles. The summed E-state index contributed by atoms with van der Waals surface area (Å²) < 4.78 is 5.18. The van der Waals surface area contributed by atoms with Crippen LogP contribution >= 0.6 is 11.3 Å². The Hall–Kier alpha value is -1.47. The molecule has 1 aromatic rings. The minimum Gasteiger partial charge on any atom is -0.388 e. The van der Waals surface area contributed by atoms with Gasteiger partial charge in [0.2, 0.25) is 0 Å². The molecule has 3 rings (SSSR count). The molecule has 2 aliphatic rings. The average Bonchev–Trinajstić information content (AvgIpc) is 3.22. The van der Waals surface area contributed by atoms with Crippen LogP contribution in [0.4, 0.5) is 5.13 Å². The molecule has 0 spiro atoms. The summed E-state index contributed by atoms with van der Waals surface area (Å²) in [4.78, 5) is 5.78. The minimum absolute atomic E-state index is 0.159. The summed E-state index contributed by atoms with van der Waals surface area (Å²) in [5, 5.41) is 44.7. The van der Waals surface area contributed by atoms with Crippen LogP contribution < -0.4 is 16.3 Å². The lowest BCUT2D eigenvalue weighted by Gasteiger charge is -2.39. The van der Waals surface area contributed by atoms with Gasteiger partial charge < -0.3 is 35.9 Å². The van der Waals surface area contributed by atoms with Crippen molar-refractivity contribution in [1.29, 1.82) is 0 Å². The van der Waals surface area contributed by atoms with Crippen LogP contribution in [-0.4, -0.2) is 74.2 Å². The molecule has 0 amide bonds. The first kappa shape index (κ1) is 20.3. The molecule has 0 saturated carbocycles. The van der Waals surface area contributed by atoms with Crippen molar-refractivity contribution in [1.82, 2.24) is 21.0 Å². The number of hydrogen-bond donors (Lipinski definition) is 7. The molecule has 0 radical (unpaired) electrons. The van der Waals surface area contributed by atoms with Crippen LogP contribution in [0.1, 0.15) is 30.3 Å². The fourth-order valence-corrected chi connectivity index (χ4v) is 4.01. The number of aliphatic hydroxyl groups is 4. The predicted octanol–water partition coefficient (Wildman–Crippen LogP) is -1.05. The van der Waals surface area contributed by atoms with Crippen molar-refractivity contribution in [2.24, 2.45) is 0 Å². The quantitative estimate of drug-likeness (QED) is 0.316. The van der Waals surface area contributed by atoms with Crippen LogP contribution in [0.5, 0.6) is 0 Å². The molecule has 152 valence electrons. The van der Waals surface area contributed by atoms with E-state index in [2.05, 4.69) is 35.1 Å². The van der Waals surface area contributed by atoms with E-state index in [1.165, 1.54) is 4.88 Å². The lowest BCUT2D eigenvalue weighted by Crippen LogP contribution is -2.60. The summed E-state index contributed by atoms with van der Waals surface area (Å²) in [5.41, 5.74) is 7.78. The summed E-state index contributed by atoms with van der Waals surface area (Å²) in [5.74, 6) is 0.435. The van der Waals surface area contributed by atoms with Gasteiger partial charge in [0.05, 0.1) is 24.5 Å². The Bertz CT molecular complexity index is 684. The molecule has 0 aliphatic carbocycles. The number of nitrogens with zero attached hydrogens (tertiary/aromatic N) is 2. The first-order valence-corrected chi connectivity index (χ1v) is 9.65. The Morgan fingerprint density at radius 2 is 2.00 bits per heavy atom. The van der Waals surface area contributed by atoms with Crippen LogP contribution in [0.3, 0.4) is 0 Å². The maximum absolute atomic E-state index is 10.0. The molecule has 1 saturated heterocycles. The maximum atomic E-state index is 10.0. The van der Waals surface area contributed by atoms with E-state index in [9.17, 15) is 20.4 Å². The lowest BCUT2D eigenvalue weighted by atomic mass is 9.99. The topological polar surface area (TPSA) is 142 Å². The third-order valence-electron chi connectivity index (χ3n) is 4.52. The number of hydrazine groups is 2. The van der Waals surface area contributed by atoms with Crippen molar-refractivity contribution in [3.05, 3.63) is 22.5 Å². The fourth-order valence-electron chi connectivity index (χ4n) is 3.05. The number of aromatic nitrogens is 1. The van der Waals surface area contributed by atoms with Crippen LogP contribution in [0.2, 0.25) is 0 Å². The summed E-state index contributed by atoms with van der Waals surface area (Å²) in [6.45, 7) is 6.96. The molecular weight excluding hydrogens is 374 g/mol.